The molecular weight excluding hydrogens is 466 g/mol. The van der Waals surface area contributed by atoms with E-state index >= 15 is 0 Å². The Morgan fingerprint density at radius 1 is 1.29 bits per heavy atom. The van der Waals surface area contributed by atoms with Crippen LogP contribution in [0.4, 0.5) is 23.4 Å². The fourth-order valence-electron chi connectivity index (χ4n) is 4.18. The van der Waals surface area contributed by atoms with Crippen LogP contribution in [0.1, 0.15) is 33.1 Å². The Kier molecular flexibility index (Phi) is 8.50. The number of carbonyl (C=O) groups is 1. The summed E-state index contributed by atoms with van der Waals surface area (Å²) < 4.78 is 61.4. The van der Waals surface area contributed by atoms with Gasteiger partial charge in [0.15, 0.2) is 11.6 Å². The summed E-state index contributed by atoms with van der Waals surface area (Å²) in [7, 11) is 0. The maximum absolute atomic E-state index is 14.6. The van der Waals surface area contributed by atoms with Gasteiger partial charge >= 0.3 is 0 Å². The van der Waals surface area contributed by atoms with Gasteiger partial charge in [-0.3, -0.25) is 15.5 Å². The highest BCUT2D eigenvalue weighted by Gasteiger charge is 2.47. The lowest BCUT2D eigenvalue weighted by molar-refractivity contribution is -0.125. The van der Waals surface area contributed by atoms with Crippen LogP contribution in [-0.2, 0) is 4.79 Å². The highest BCUT2D eigenvalue weighted by Crippen LogP contribution is 2.47. The lowest BCUT2D eigenvalue weighted by atomic mass is 9.70. The van der Waals surface area contributed by atoms with E-state index in [0.717, 1.165) is 12.1 Å². The number of rotatable bonds is 8. The van der Waals surface area contributed by atoms with Gasteiger partial charge in [0.25, 0.3) is 5.92 Å². The molecule has 1 aliphatic rings. The Labute approximate surface area is 200 Å². The van der Waals surface area contributed by atoms with Crippen molar-refractivity contribution >= 4 is 11.7 Å². The fraction of sp³-hybridized carbons (Fsp3) is 0.360. The molecule has 1 aromatic heterocycles. The predicted molar refractivity (Wildman–Crippen MR) is 122 cm³/mol. The summed E-state index contributed by atoms with van der Waals surface area (Å²) in [6.07, 6.45) is 5.39. The standard InChI is InChI=1S/C25H27F4N3O3/c1-3-16(9-11-31-34)20-12-17(8-10-25(20,28)29)15(2)24(33)32-23-7-5-19(14-30-23)35-22-6-4-18(26)13-21(22)27/h3-7,9,11,13-15,17,20,31,34H,8,10,12H2,1-2H3,(H,30,32,33)/b11-9-,16-3+. The van der Waals surface area contributed by atoms with Crippen molar-refractivity contribution in [3.8, 4) is 11.5 Å². The summed E-state index contributed by atoms with van der Waals surface area (Å²) in [5.74, 6) is -6.56. The molecule has 0 aliphatic heterocycles. The number of benzene rings is 1. The van der Waals surface area contributed by atoms with Crippen LogP contribution >= 0.6 is 0 Å². The number of anilines is 1. The van der Waals surface area contributed by atoms with Gasteiger partial charge in [0.2, 0.25) is 5.91 Å². The minimum absolute atomic E-state index is 0.112. The van der Waals surface area contributed by atoms with Crippen LogP contribution in [0.25, 0.3) is 0 Å². The van der Waals surface area contributed by atoms with Gasteiger partial charge in [0, 0.05) is 30.5 Å². The van der Waals surface area contributed by atoms with Crippen LogP contribution in [0.3, 0.4) is 0 Å². The van der Waals surface area contributed by atoms with E-state index < -0.39 is 29.4 Å². The van der Waals surface area contributed by atoms with Crippen molar-refractivity contribution in [2.24, 2.45) is 17.8 Å². The van der Waals surface area contributed by atoms with E-state index in [1.54, 1.807) is 19.9 Å². The molecule has 35 heavy (non-hydrogen) atoms. The van der Waals surface area contributed by atoms with Crippen molar-refractivity contribution in [1.29, 1.82) is 0 Å². The number of aromatic nitrogens is 1. The molecule has 1 aromatic carbocycles. The quantitative estimate of drug-likeness (QED) is 0.231. The average molecular weight is 494 g/mol. The molecule has 10 heteroatoms. The zero-order valence-electron chi connectivity index (χ0n) is 19.3. The van der Waals surface area contributed by atoms with E-state index in [4.69, 9.17) is 9.94 Å². The van der Waals surface area contributed by atoms with Crippen LogP contribution in [0.2, 0.25) is 0 Å². The van der Waals surface area contributed by atoms with Gasteiger partial charge in [-0.25, -0.2) is 22.5 Å². The van der Waals surface area contributed by atoms with E-state index in [1.165, 1.54) is 30.6 Å². The molecule has 3 atom stereocenters. The molecular formula is C25H27F4N3O3. The lowest BCUT2D eigenvalue weighted by Crippen LogP contribution is -2.40. The first kappa shape index (κ1) is 26.2. The van der Waals surface area contributed by atoms with Crippen LogP contribution in [0, 0.1) is 29.4 Å². The summed E-state index contributed by atoms with van der Waals surface area (Å²) in [6, 6.07) is 5.84. The number of alkyl halides is 2. The molecule has 0 spiro atoms. The van der Waals surface area contributed by atoms with Crippen molar-refractivity contribution < 1.29 is 32.3 Å². The maximum Gasteiger partial charge on any atom is 0.254 e. The van der Waals surface area contributed by atoms with E-state index in [9.17, 15) is 22.4 Å². The number of ether oxygens (including phenoxy) is 1. The Morgan fingerprint density at radius 2 is 2.06 bits per heavy atom. The number of nitrogens with one attached hydrogen (secondary N) is 2. The molecule has 2 aromatic rings. The highest BCUT2D eigenvalue weighted by molar-refractivity contribution is 5.91. The first-order valence-electron chi connectivity index (χ1n) is 11.1. The van der Waals surface area contributed by atoms with Gasteiger partial charge in [-0.05, 0) is 61.6 Å². The number of hydrogen-bond acceptors (Lipinski definition) is 5. The molecule has 3 rings (SSSR count). The molecule has 3 N–H and O–H groups in total. The average Bonchev–Trinajstić information content (AvgIpc) is 2.82. The summed E-state index contributed by atoms with van der Waals surface area (Å²) in [5.41, 5.74) is 2.20. The number of hydrogen-bond donors (Lipinski definition) is 3. The molecule has 188 valence electrons. The van der Waals surface area contributed by atoms with Crippen LogP contribution in [-0.4, -0.2) is 22.0 Å². The molecule has 0 bridgehead atoms. The first-order chi connectivity index (χ1) is 16.6. The molecule has 0 saturated heterocycles. The van der Waals surface area contributed by atoms with Gasteiger partial charge in [-0.15, -0.1) is 0 Å². The van der Waals surface area contributed by atoms with Gasteiger partial charge in [-0.1, -0.05) is 13.0 Å². The van der Waals surface area contributed by atoms with Crippen molar-refractivity contribution in [1.82, 2.24) is 10.5 Å². The number of amides is 1. The Hall–Kier alpha value is -3.40. The second-order valence-electron chi connectivity index (χ2n) is 8.43. The van der Waals surface area contributed by atoms with E-state index in [0.29, 0.717) is 11.6 Å². The number of halogens is 4. The minimum Gasteiger partial charge on any atom is -0.453 e. The van der Waals surface area contributed by atoms with Gasteiger partial charge in [-0.2, -0.15) is 0 Å². The maximum atomic E-state index is 14.6. The smallest absolute Gasteiger partial charge is 0.254 e. The topological polar surface area (TPSA) is 83.5 Å². The molecule has 1 heterocycles. The molecule has 3 unspecified atom stereocenters. The fourth-order valence-corrected chi connectivity index (χ4v) is 4.18. The zero-order chi connectivity index (χ0) is 25.6. The summed E-state index contributed by atoms with van der Waals surface area (Å²) in [5, 5.41) is 11.4. The van der Waals surface area contributed by atoms with Crippen molar-refractivity contribution in [3.05, 3.63) is 72.1 Å². The van der Waals surface area contributed by atoms with E-state index in [-0.39, 0.29) is 48.4 Å². The molecule has 1 fully saturated rings. The predicted octanol–water partition coefficient (Wildman–Crippen LogP) is 6.22. The van der Waals surface area contributed by atoms with Crippen LogP contribution in [0.15, 0.2) is 60.5 Å². The normalized spacial score (nSPS) is 20.9. The molecule has 1 amide bonds. The second-order valence-corrected chi connectivity index (χ2v) is 8.43. The van der Waals surface area contributed by atoms with Crippen molar-refractivity contribution in [2.75, 3.05) is 5.32 Å². The number of allylic oxidation sites excluding steroid dienone is 3. The van der Waals surface area contributed by atoms with Gasteiger partial charge < -0.3 is 10.1 Å². The third-order valence-electron chi connectivity index (χ3n) is 6.21. The van der Waals surface area contributed by atoms with Crippen molar-refractivity contribution in [3.63, 3.8) is 0 Å². The minimum atomic E-state index is -2.92. The molecule has 1 saturated carbocycles. The summed E-state index contributed by atoms with van der Waals surface area (Å²) in [6.45, 7) is 3.34. The van der Waals surface area contributed by atoms with Gasteiger partial charge in [0.05, 0.1) is 6.20 Å². The van der Waals surface area contributed by atoms with E-state index in [1.807, 2.05) is 5.48 Å². The van der Waals surface area contributed by atoms with Crippen molar-refractivity contribution in [2.45, 2.75) is 39.0 Å². The Balaban J connectivity index is 1.63. The number of nitrogens with zero attached hydrogens (tertiary/aromatic N) is 1. The SMILES string of the molecule is C/C=C(\C=C/NO)C1CC(C(C)C(=O)Nc2ccc(Oc3ccc(F)cc3F)cn2)CCC1(F)F. The first-order valence-corrected chi connectivity index (χ1v) is 11.1. The second kappa shape index (κ2) is 11.4. The summed E-state index contributed by atoms with van der Waals surface area (Å²) in [4.78, 5) is 16.9. The largest absolute Gasteiger partial charge is 0.453 e. The van der Waals surface area contributed by atoms with E-state index in [2.05, 4.69) is 10.3 Å². The highest BCUT2D eigenvalue weighted by atomic mass is 19.3. The summed E-state index contributed by atoms with van der Waals surface area (Å²) >= 11 is 0. The number of pyridine rings is 1. The third-order valence-corrected chi connectivity index (χ3v) is 6.21. The third kappa shape index (κ3) is 6.60. The molecule has 0 radical (unpaired) electrons. The zero-order valence-corrected chi connectivity index (χ0v) is 19.3. The lowest BCUT2D eigenvalue weighted by Gasteiger charge is -2.38. The Morgan fingerprint density at radius 3 is 2.69 bits per heavy atom. The van der Waals surface area contributed by atoms with Crippen LogP contribution in [0.5, 0.6) is 11.5 Å². The number of carbonyl (C=O) groups excluding carboxylic acids is 1. The molecule has 6 nitrogen and oxygen atoms in total. The molecule has 1 aliphatic carbocycles. The van der Waals surface area contributed by atoms with Gasteiger partial charge in [0.1, 0.15) is 17.4 Å². The number of hydroxylamine groups is 1. The Bertz CT molecular complexity index is 1090. The van der Waals surface area contributed by atoms with Crippen LogP contribution < -0.4 is 15.5 Å². The monoisotopic (exact) mass is 493 g/mol.